The summed E-state index contributed by atoms with van der Waals surface area (Å²) in [7, 11) is 2.80. The van der Waals surface area contributed by atoms with Gasteiger partial charge in [-0.25, -0.2) is 14.6 Å². The van der Waals surface area contributed by atoms with Crippen LogP contribution in [0.15, 0.2) is 102 Å². The summed E-state index contributed by atoms with van der Waals surface area (Å²) >= 11 is 3.26. The zero-order valence-electron chi connectivity index (χ0n) is 26.3. The summed E-state index contributed by atoms with van der Waals surface area (Å²) in [6.07, 6.45) is 4.25. The second kappa shape index (κ2) is 16.3. The SMILES string of the molecule is CCCCCc1nc(SCc2ccc(-c3ccccc3C(=O)OC)cc2)nn1SCc1ccc(-c2ccccc2C(=O)OC)cc1. The third-order valence-electron chi connectivity index (χ3n) is 7.54. The highest BCUT2D eigenvalue weighted by Crippen LogP contribution is 2.29. The van der Waals surface area contributed by atoms with E-state index in [0.29, 0.717) is 11.1 Å². The molecule has 0 fully saturated rings. The number of carbonyl (C=O) groups excluding carboxylic acids is 2. The number of nitrogens with zero attached hydrogens (tertiary/aromatic N) is 3. The van der Waals surface area contributed by atoms with E-state index in [0.717, 1.165) is 81.6 Å². The number of esters is 2. The molecule has 0 aliphatic heterocycles. The fraction of sp³-hybridized carbons (Fsp3) is 0.243. The molecule has 46 heavy (non-hydrogen) atoms. The Labute approximate surface area is 278 Å². The first-order valence-corrected chi connectivity index (χ1v) is 17.2. The van der Waals surface area contributed by atoms with Gasteiger partial charge in [0, 0.05) is 17.9 Å². The Morgan fingerprint density at radius 1 is 0.696 bits per heavy atom. The van der Waals surface area contributed by atoms with Gasteiger partial charge in [0.1, 0.15) is 5.82 Å². The van der Waals surface area contributed by atoms with Crippen molar-refractivity contribution < 1.29 is 19.1 Å². The minimum Gasteiger partial charge on any atom is -0.465 e. The van der Waals surface area contributed by atoms with Crippen LogP contribution >= 0.6 is 23.7 Å². The largest absolute Gasteiger partial charge is 0.465 e. The van der Waals surface area contributed by atoms with E-state index in [-0.39, 0.29) is 11.9 Å². The molecule has 9 heteroatoms. The molecule has 0 radical (unpaired) electrons. The maximum Gasteiger partial charge on any atom is 0.338 e. The number of benzene rings is 4. The van der Waals surface area contributed by atoms with Gasteiger partial charge >= 0.3 is 11.9 Å². The van der Waals surface area contributed by atoms with Gasteiger partial charge in [-0.2, -0.15) is 4.09 Å². The Bertz CT molecular complexity index is 1770. The summed E-state index contributed by atoms with van der Waals surface area (Å²) in [5.74, 6) is 1.77. The fourth-order valence-electron chi connectivity index (χ4n) is 5.05. The fourth-order valence-corrected chi connectivity index (χ4v) is 6.78. The summed E-state index contributed by atoms with van der Waals surface area (Å²) in [6.45, 7) is 2.20. The highest BCUT2D eigenvalue weighted by Gasteiger charge is 2.15. The summed E-state index contributed by atoms with van der Waals surface area (Å²) in [6, 6.07) is 31.5. The van der Waals surface area contributed by atoms with E-state index >= 15 is 0 Å². The molecule has 7 nitrogen and oxygen atoms in total. The van der Waals surface area contributed by atoms with Crippen LogP contribution in [0.2, 0.25) is 0 Å². The number of unbranched alkanes of at least 4 members (excludes halogenated alkanes) is 2. The van der Waals surface area contributed by atoms with Crippen LogP contribution in [-0.2, 0) is 27.4 Å². The predicted molar refractivity (Wildman–Crippen MR) is 186 cm³/mol. The van der Waals surface area contributed by atoms with Crippen molar-refractivity contribution in [2.24, 2.45) is 0 Å². The van der Waals surface area contributed by atoms with Crippen LogP contribution in [0.1, 0.15) is 63.9 Å². The van der Waals surface area contributed by atoms with Gasteiger partial charge in [0.2, 0.25) is 5.16 Å². The van der Waals surface area contributed by atoms with E-state index in [2.05, 4.69) is 31.2 Å². The highest BCUT2D eigenvalue weighted by atomic mass is 32.2. The standard InChI is InChI=1S/C37H37N3O4S2/c1-4-5-6-15-34-38-37(45-24-26-16-20-28(21-17-26)30-11-7-9-13-32(30)35(41)43-2)39-40(34)46-25-27-18-22-29(23-19-27)31-12-8-10-14-33(31)36(42)44-3/h7-14,16-23H,4-6,15,24-25H2,1-3H3. The molecule has 0 bridgehead atoms. The maximum absolute atomic E-state index is 12.2. The van der Waals surface area contributed by atoms with E-state index in [1.54, 1.807) is 35.8 Å². The van der Waals surface area contributed by atoms with Crippen molar-refractivity contribution in [2.75, 3.05) is 14.2 Å². The van der Waals surface area contributed by atoms with Crippen LogP contribution in [0, 0.1) is 0 Å². The molecule has 0 aliphatic rings. The van der Waals surface area contributed by atoms with Crippen molar-refractivity contribution in [3.8, 4) is 22.3 Å². The van der Waals surface area contributed by atoms with Crippen molar-refractivity contribution in [1.82, 2.24) is 14.2 Å². The Balaban J connectivity index is 1.25. The first kappa shape index (κ1) is 33.0. The van der Waals surface area contributed by atoms with E-state index in [4.69, 9.17) is 19.6 Å². The molecule has 1 heterocycles. The monoisotopic (exact) mass is 651 g/mol. The number of hydrogen-bond donors (Lipinski definition) is 0. The Morgan fingerprint density at radius 2 is 1.22 bits per heavy atom. The molecule has 0 atom stereocenters. The van der Waals surface area contributed by atoms with Crippen LogP contribution in [-0.4, -0.2) is 40.3 Å². The molecule has 0 aliphatic carbocycles. The maximum atomic E-state index is 12.2. The normalized spacial score (nSPS) is 10.9. The van der Waals surface area contributed by atoms with Gasteiger partial charge in [0.15, 0.2) is 0 Å². The minimum atomic E-state index is -0.345. The van der Waals surface area contributed by atoms with Crippen molar-refractivity contribution in [3.05, 3.63) is 125 Å². The number of aromatic nitrogens is 3. The lowest BCUT2D eigenvalue weighted by Crippen LogP contribution is -2.03. The minimum absolute atomic E-state index is 0.343. The van der Waals surface area contributed by atoms with Gasteiger partial charge in [-0.1, -0.05) is 116 Å². The highest BCUT2D eigenvalue weighted by molar-refractivity contribution is 7.98. The Morgan fingerprint density at radius 3 is 1.74 bits per heavy atom. The van der Waals surface area contributed by atoms with E-state index < -0.39 is 0 Å². The van der Waals surface area contributed by atoms with E-state index in [1.807, 2.05) is 64.8 Å². The summed E-state index contributed by atoms with van der Waals surface area (Å²) in [5.41, 5.74) is 7.04. The van der Waals surface area contributed by atoms with Crippen LogP contribution in [0.5, 0.6) is 0 Å². The molecule has 0 saturated carbocycles. The molecular formula is C37H37N3O4S2. The molecule has 0 N–H and O–H groups in total. The van der Waals surface area contributed by atoms with Gasteiger partial charge in [-0.15, -0.1) is 5.10 Å². The summed E-state index contributed by atoms with van der Waals surface area (Å²) in [5, 5.41) is 5.62. The second-order valence-corrected chi connectivity index (χ2v) is 12.5. The van der Waals surface area contributed by atoms with E-state index in [1.165, 1.54) is 14.2 Å². The number of carbonyl (C=O) groups is 2. The van der Waals surface area contributed by atoms with Gasteiger partial charge in [0.25, 0.3) is 0 Å². The van der Waals surface area contributed by atoms with Crippen LogP contribution in [0.4, 0.5) is 0 Å². The average Bonchev–Trinajstić information content (AvgIpc) is 3.51. The zero-order chi connectivity index (χ0) is 32.3. The lowest BCUT2D eigenvalue weighted by molar-refractivity contribution is 0.0592. The molecule has 0 saturated heterocycles. The van der Waals surface area contributed by atoms with Crippen LogP contribution < -0.4 is 0 Å². The molecular weight excluding hydrogens is 615 g/mol. The van der Waals surface area contributed by atoms with Gasteiger partial charge in [-0.3, -0.25) is 0 Å². The molecule has 236 valence electrons. The lowest BCUT2D eigenvalue weighted by atomic mass is 9.99. The quantitative estimate of drug-likeness (QED) is 0.0669. The number of methoxy groups -OCH3 is 2. The number of rotatable bonds is 14. The van der Waals surface area contributed by atoms with Crippen LogP contribution in [0.25, 0.3) is 22.3 Å². The lowest BCUT2D eigenvalue weighted by Gasteiger charge is -2.09. The van der Waals surface area contributed by atoms with Crippen molar-refractivity contribution in [1.29, 1.82) is 0 Å². The first-order valence-electron chi connectivity index (χ1n) is 15.3. The average molecular weight is 652 g/mol. The van der Waals surface area contributed by atoms with Gasteiger partial charge < -0.3 is 9.47 Å². The second-order valence-electron chi connectivity index (χ2n) is 10.7. The van der Waals surface area contributed by atoms with Crippen molar-refractivity contribution >= 4 is 35.6 Å². The number of hydrogen-bond acceptors (Lipinski definition) is 8. The molecule has 5 rings (SSSR count). The molecule has 5 aromatic rings. The molecule has 0 spiro atoms. The topological polar surface area (TPSA) is 83.3 Å². The first-order chi connectivity index (χ1) is 22.5. The smallest absolute Gasteiger partial charge is 0.338 e. The predicted octanol–water partition coefficient (Wildman–Crippen LogP) is 8.91. The zero-order valence-corrected chi connectivity index (χ0v) is 27.9. The molecule has 1 aromatic heterocycles. The van der Waals surface area contributed by atoms with Crippen LogP contribution in [0.3, 0.4) is 0 Å². The molecule has 0 amide bonds. The number of aryl methyl sites for hydroxylation is 1. The third kappa shape index (κ3) is 8.27. The van der Waals surface area contributed by atoms with Gasteiger partial charge in [-0.05, 0) is 63.9 Å². The van der Waals surface area contributed by atoms with E-state index in [9.17, 15) is 9.59 Å². The molecule has 0 unspecified atom stereocenters. The number of ether oxygens (including phenoxy) is 2. The van der Waals surface area contributed by atoms with Gasteiger partial charge in [0.05, 0.1) is 25.3 Å². The third-order valence-corrected chi connectivity index (χ3v) is 9.45. The van der Waals surface area contributed by atoms with Crippen molar-refractivity contribution in [3.63, 3.8) is 0 Å². The Kier molecular flexibility index (Phi) is 11.7. The molecule has 4 aromatic carbocycles. The summed E-state index contributed by atoms with van der Waals surface area (Å²) < 4.78 is 11.9. The summed E-state index contributed by atoms with van der Waals surface area (Å²) in [4.78, 5) is 29.4. The van der Waals surface area contributed by atoms with Crippen molar-refractivity contribution in [2.45, 2.75) is 49.3 Å². The number of thioether (sulfide) groups is 1. The Hall–Kier alpha value is -4.34.